The van der Waals surface area contributed by atoms with Crippen LogP contribution in [0.4, 0.5) is 5.82 Å². The van der Waals surface area contributed by atoms with Crippen molar-refractivity contribution in [3.63, 3.8) is 0 Å². The van der Waals surface area contributed by atoms with Gasteiger partial charge in [-0.2, -0.15) is 5.10 Å². The summed E-state index contributed by atoms with van der Waals surface area (Å²) in [4.78, 5) is 4.42. The fourth-order valence-electron chi connectivity index (χ4n) is 2.05. The van der Waals surface area contributed by atoms with Gasteiger partial charge >= 0.3 is 0 Å². The SMILES string of the molecule is CCN(c1nnccc1CN)C(C)CN(C)C. The highest BCUT2D eigenvalue weighted by Crippen LogP contribution is 2.18. The Hall–Kier alpha value is -1.20. The molecule has 1 rings (SSSR count). The third kappa shape index (κ3) is 3.64. The molecule has 96 valence electrons. The first kappa shape index (κ1) is 13.9. The van der Waals surface area contributed by atoms with Crippen molar-refractivity contribution < 1.29 is 0 Å². The number of aromatic nitrogens is 2. The van der Waals surface area contributed by atoms with Crippen molar-refractivity contribution in [3.8, 4) is 0 Å². The monoisotopic (exact) mass is 237 g/mol. The molecule has 0 aliphatic carbocycles. The average molecular weight is 237 g/mol. The number of likely N-dealkylation sites (N-methyl/N-ethyl adjacent to an activating group) is 2. The van der Waals surface area contributed by atoms with Gasteiger partial charge in [-0.1, -0.05) is 0 Å². The number of anilines is 1. The van der Waals surface area contributed by atoms with E-state index in [1.807, 2.05) is 6.07 Å². The van der Waals surface area contributed by atoms with E-state index < -0.39 is 0 Å². The molecule has 1 atom stereocenters. The molecule has 1 aromatic rings. The van der Waals surface area contributed by atoms with Gasteiger partial charge in [-0.05, 0) is 34.0 Å². The minimum Gasteiger partial charge on any atom is -0.351 e. The summed E-state index contributed by atoms with van der Waals surface area (Å²) in [6, 6.07) is 2.32. The number of nitrogens with zero attached hydrogens (tertiary/aromatic N) is 4. The Labute approximate surface area is 104 Å². The molecule has 0 radical (unpaired) electrons. The number of hydrogen-bond acceptors (Lipinski definition) is 5. The van der Waals surface area contributed by atoms with Gasteiger partial charge < -0.3 is 15.5 Å². The molecular weight excluding hydrogens is 214 g/mol. The normalized spacial score (nSPS) is 12.8. The molecule has 0 aliphatic heterocycles. The first-order valence-corrected chi connectivity index (χ1v) is 6.02. The minimum atomic E-state index is 0.386. The molecule has 0 spiro atoms. The summed E-state index contributed by atoms with van der Waals surface area (Å²) in [7, 11) is 4.15. The maximum Gasteiger partial charge on any atom is 0.156 e. The lowest BCUT2D eigenvalue weighted by atomic mass is 10.2. The second-order valence-electron chi connectivity index (χ2n) is 4.48. The molecule has 2 N–H and O–H groups in total. The van der Waals surface area contributed by atoms with Gasteiger partial charge in [0.1, 0.15) is 0 Å². The van der Waals surface area contributed by atoms with E-state index in [9.17, 15) is 0 Å². The summed E-state index contributed by atoms with van der Waals surface area (Å²) in [6.07, 6.45) is 1.69. The van der Waals surface area contributed by atoms with E-state index in [4.69, 9.17) is 5.73 Å². The standard InChI is InChI=1S/C12H23N5/c1-5-17(10(2)9-16(3)4)12-11(8-13)6-7-14-15-12/h6-7,10H,5,8-9,13H2,1-4H3. The van der Waals surface area contributed by atoms with Gasteiger partial charge in [-0.25, -0.2) is 0 Å². The van der Waals surface area contributed by atoms with E-state index in [2.05, 4.69) is 47.9 Å². The van der Waals surface area contributed by atoms with Crippen LogP contribution in [0, 0.1) is 0 Å². The van der Waals surface area contributed by atoms with Crippen LogP contribution < -0.4 is 10.6 Å². The number of nitrogens with two attached hydrogens (primary N) is 1. The molecule has 0 bridgehead atoms. The molecule has 17 heavy (non-hydrogen) atoms. The Balaban J connectivity index is 2.92. The van der Waals surface area contributed by atoms with E-state index in [1.165, 1.54) is 0 Å². The molecule has 0 fully saturated rings. The largest absolute Gasteiger partial charge is 0.351 e. The third-order valence-electron chi connectivity index (χ3n) is 2.78. The van der Waals surface area contributed by atoms with Crippen molar-refractivity contribution in [3.05, 3.63) is 17.8 Å². The number of hydrogen-bond donors (Lipinski definition) is 1. The van der Waals surface area contributed by atoms with Crippen molar-refractivity contribution in [2.45, 2.75) is 26.4 Å². The zero-order valence-electron chi connectivity index (χ0n) is 11.2. The molecular formula is C12H23N5. The van der Waals surface area contributed by atoms with Crippen LogP contribution in [0.25, 0.3) is 0 Å². The predicted octanol–water partition coefficient (Wildman–Crippen LogP) is 0.712. The number of rotatable bonds is 6. The van der Waals surface area contributed by atoms with Crippen molar-refractivity contribution in [2.75, 3.05) is 32.1 Å². The lowest BCUT2D eigenvalue weighted by Crippen LogP contribution is -2.41. The Morgan fingerprint density at radius 3 is 2.65 bits per heavy atom. The Bertz CT molecular complexity index is 339. The average Bonchev–Trinajstić information content (AvgIpc) is 2.29. The highest BCUT2D eigenvalue weighted by Gasteiger charge is 2.17. The smallest absolute Gasteiger partial charge is 0.156 e. The third-order valence-corrected chi connectivity index (χ3v) is 2.78. The van der Waals surface area contributed by atoms with Crippen LogP contribution in [-0.2, 0) is 6.54 Å². The van der Waals surface area contributed by atoms with E-state index in [0.717, 1.165) is 24.5 Å². The van der Waals surface area contributed by atoms with Crippen LogP contribution in [-0.4, -0.2) is 48.3 Å². The Kier molecular flexibility index (Phi) is 5.31. The van der Waals surface area contributed by atoms with Crippen LogP contribution in [0.5, 0.6) is 0 Å². The molecule has 0 amide bonds. The lowest BCUT2D eigenvalue weighted by Gasteiger charge is -2.31. The zero-order valence-corrected chi connectivity index (χ0v) is 11.2. The van der Waals surface area contributed by atoms with Crippen molar-refractivity contribution in [1.82, 2.24) is 15.1 Å². The van der Waals surface area contributed by atoms with Gasteiger partial charge in [0.15, 0.2) is 5.82 Å². The summed E-state index contributed by atoms with van der Waals surface area (Å²) >= 11 is 0. The summed E-state index contributed by atoms with van der Waals surface area (Å²) in [5, 5.41) is 8.19. The topological polar surface area (TPSA) is 58.3 Å². The van der Waals surface area contributed by atoms with Crippen molar-refractivity contribution in [2.24, 2.45) is 5.73 Å². The molecule has 0 aliphatic rings. The van der Waals surface area contributed by atoms with Gasteiger partial charge in [-0.3, -0.25) is 0 Å². The highest BCUT2D eigenvalue weighted by molar-refractivity contribution is 5.46. The lowest BCUT2D eigenvalue weighted by molar-refractivity contribution is 0.371. The zero-order chi connectivity index (χ0) is 12.8. The Morgan fingerprint density at radius 1 is 1.41 bits per heavy atom. The van der Waals surface area contributed by atoms with Crippen LogP contribution in [0.2, 0.25) is 0 Å². The molecule has 0 saturated carbocycles. The fraction of sp³-hybridized carbons (Fsp3) is 0.667. The Morgan fingerprint density at radius 2 is 2.12 bits per heavy atom. The summed E-state index contributed by atoms with van der Waals surface area (Å²) < 4.78 is 0. The van der Waals surface area contributed by atoms with Gasteiger partial charge in [-0.15, -0.1) is 5.10 Å². The molecule has 0 aromatic carbocycles. The second kappa shape index (κ2) is 6.51. The molecule has 1 unspecified atom stereocenters. The first-order valence-electron chi connectivity index (χ1n) is 6.02. The van der Waals surface area contributed by atoms with Gasteiger partial charge in [0.25, 0.3) is 0 Å². The minimum absolute atomic E-state index is 0.386. The summed E-state index contributed by atoms with van der Waals surface area (Å²) in [5.41, 5.74) is 6.79. The van der Waals surface area contributed by atoms with Crippen LogP contribution in [0.3, 0.4) is 0 Å². The molecule has 1 aromatic heterocycles. The molecule has 5 heteroatoms. The van der Waals surface area contributed by atoms with Crippen molar-refractivity contribution >= 4 is 5.82 Å². The van der Waals surface area contributed by atoms with Crippen LogP contribution >= 0.6 is 0 Å². The van der Waals surface area contributed by atoms with Gasteiger partial charge in [0.05, 0.1) is 6.20 Å². The maximum atomic E-state index is 5.74. The van der Waals surface area contributed by atoms with Crippen LogP contribution in [0.1, 0.15) is 19.4 Å². The van der Waals surface area contributed by atoms with E-state index in [-0.39, 0.29) is 0 Å². The maximum absolute atomic E-state index is 5.74. The quantitative estimate of drug-likeness (QED) is 0.789. The van der Waals surface area contributed by atoms with Gasteiger partial charge in [0.2, 0.25) is 0 Å². The van der Waals surface area contributed by atoms with E-state index in [1.54, 1.807) is 6.20 Å². The van der Waals surface area contributed by atoms with Gasteiger partial charge in [0, 0.05) is 31.2 Å². The summed E-state index contributed by atoms with van der Waals surface area (Å²) in [5.74, 6) is 0.909. The molecule has 5 nitrogen and oxygen atoms in total. The molecule has 0 saturated heterocycles. The van der Waals surface area contributed by atoms with E-state index >= 15 is 0 Å². The predicted molar refractivity (Wildman–Crippen MR) is 71.0 cm³/mol. The summed E-state index contributed by atoms with van der Waals surface area (Å²) in [6.45, 7) is 6.70. The van der Waals surface area contributed by atoms with Crippen molar-refractivity contribution in [1.29, 1.82) is 0 Å². The van der Waals surface area contributed by atoms with E-state index in [0.29, 0.717) is 12.6 Å². The first-order chi connectivity index (χ1) is 8.10. The van der Waals surface area contributed by atoms with Crippen LogP contribution in [0.15, 0.2) is 12.3 Å². The fourth-order valence-corrected chi connectivity index (χ4v) is 2.05. The molecule has 1 heterocycles. The highest BCUT2D eigenvalue weighted by atomic mass is 15.3. The second-order valence-corrected chi connectivity index (χ2v) is 4.48.